The highest BCUT2D eigenvalue weighted by Crippen LogP contribution is 2.15. The first-order chi connectivity index (χ1) is 34.5. The Morgan fingerprint density at radius 3 is 0.871 bits per heavy atom. The first-order valence-electron chi connectivity index (χ1n) is 29.9. The van der Waals surface area contributed by atoms with Crippen molar-refractivity contribution in [1.82, 2.24) is 0 Å². The van der Waals surface area contributed by atoms with E-state index in [9.17, 15) is 14.4 Å². The first-order valence-corrected chi connectivity index (χ1v) is 29.9. The fraction of sp³-hybridized carbons (Fsp3) is 0.766. The number of carbonyl (C=O) groups excluding carboxylic acids is 3. The summed E-state index contributed by atoms with van der Waals surface area (Å²) in [5, 5.41) is 0. The lowest BCUT2D eigenvalue weighted by Gasteiger charge is -2.18. The molecule has 1 atom stereocenters. The van der Waals surface area contributed by atoms with Gasteiger partial charge in [0.25, 0.3) is 0 Å². The van der Waals surface area contributed by atoms with Gasteiger partial charge in [-0.15, -0.1) is 0 Å². The maximum absolute atomic E-state index is 12.8. The van der Waals surface area contributed by atoms with E-state index in [1.807, 2.05) is 0 Å². The van der Waals surface area contributed by atoms with Crippen LogP contribution < -0.4 is 0 Å². The largest absolute Gasteiger partial charge is 0.462 e. The fourth-order valence-electron chi connectivity index (χ4n) is 8.36. The molecule has 0 aliphatic rings. The summed E-state index contributed by atoms with van der Waals surface area (Å²) in [4.78, 5) is 38.1. The summed E-state index contributed by atoms with van der Waals surface area (Å²) in [6, 6.07) is 0. The Labute approximate surface area is 433 Å². The van der Waals surface area contributed by atoms with Gasteiger partial charge >= 0.3 is 17.9 Å². The smallest absolute Gasteiger partial charge is 0.306 e. The Morgan fingerprint density at radius 2 is 0.543 bits per heavy atom. The predicted molar refractivity (Wildman–Crippen MR) is 302 cm³/mol. The van der Waals surface area contributed by atoms with Gasteiger partial charge in [-0.05, 0) is 109 Å². The minimum Gasteiger partial charge on any atom is -0.462 e. The summed E-state index contributed by atoms with van der Waals surface area (Å²) in [5.74, 6) is -0.903. The molecule has 0 fully saturated rings. The molecule has 0 radical (unpaired) electrons. The molecule has 6 nitrogen and oxygen atoms in total. The van der Waals surface area contributed by atoms with Gasteiger partial charge in [0.1, 0.15) is 13.2 Å². The third-order valence-corrected chi connectivity index (χ3v) is 12.9. The van der Waals surface area contributed by atoms with E-state index in [1.54, 1.807) is 0 Å². The van der Waals surface area contributed by atoms with Crippen LogP contribution in [0.25, 0.3) is 0 Å². The summed E-state index contributed by atoms with van der Waals surface area (Å²) in [7, 11) is 0. The highest BCUT2D eigenvalue weighted by molar-refractivity contribution is 5.71. The minimum atomic E-state index is -0.787. The van der Waals surface area contributed by atoms with Crippen molar-refractivity contribution in [2.45, 2.75) is 303 Å². The highest BCUT2D eigenvalue weighted by Gasteiger charge is 2.19. The second-order valence-corrected chi connectivity index (χ2v) is 19.9. The number of carbonyl (C=O) groups is 3. The van der Waals surface area contributed by atoms with Crippen LogP contribution in [0, 0.1) is 0 Å². The molecular weight excluding hydrogens is 865 g/mol. The topological polar surface area (TPSA) is 78.9 Å². The van der Waals surface area contributed by atoms with Gasteiger partial charge in [-0.3, -0.25) is 14.4 Å². The molecule has 6 heteroatoms. The van der Waals surface area contributed by atoms with E-state index in [1.165, 1.54) is 148 Å². The Hall–Kier alpha value is -3.15. The Morgan fingerprint density at radius 1 is 0.286 bits per heavy atom. The molecule has 0 N–H and O–H groups in total. The van der Waals surface area contributed by atoms with Crippen LogP contribution >= 0.6 is 0 Å². The second-order valence-electron chi connectivity index (χ2n) is 19.9. The lowest BCUT2D eigenvalue weighted by atomic mass is 10.1. The van der Waals surface area contributed by atoms with E-state index in [4.69, 9.17) is 14.2 Å². The zero-order chi connectivity index (χ0) is 50.7. The fourth-order valence-corrected chi connectivity index (χ4v) is 8.36. The monoisotopic (exact) mass is 977 g/mol. The van der Waals surface area contributed by atoms with Crippen molar-refractivity contribution in [1.29, 1.82) is 0 Å². The van der Waals surface area contributed by atoms with Gasteiger partial charge in [0, 0.05) is 19.3 Å². The average Bonchev–Trinajstić information content (AvgIpc) is 3.36. The Balaban J connectivity index is 4.30. The van der Waals surface area contributed by atoms with Crippen molar-refractivity contribution in [2.75, 3.05) is 13.2 Å². The number of unbranched alkanes of at least 4 members (excludes halogenated alkanes) is 31. The standard InChI is InChI=1S/C64H112O6/c1-4-7-10-13-16-19-22-25-27-28-29-30-31-32-33-34-35-36-37-40-42-45-48-51-54-57-63(66)69-60-61(59-68-62(65)56-53-50-47-44-41-38-24-21-18-15-12-9-6-3)70-64(67)58-55-52-49-46-43-39-26-23-20-17-14-11-8-5-2/h12,15,21-26,28-29,31-32,61H,4-11,13-14,16-20,27,30,33-60H2,1-3H3/b15-12-,24-21-,25-22-,26-23-,29-28-,32-31-. The van der Waals surface area contributed by atoms with Gasteiger partial charge in [-0.2, -0.15) is 0 Å². The molecule has 0 aromatic carbocycles. The van der Waals surface area contributed by atoms with E-state index in [-0.39, 0.29) is 31.1 Å². The summed E-state index contributed by atoms with van der Waals surface area (Å²) in [6.07, 6.45) is 74.7. The summed E-state index contributed by atoms with van der Waals surface area (Å²) >= 11 is 0. The molecule has 0 bridgehead atoms. The molecular formula is C64H112O6. The summed E-state index contributed by atoms with van der Waals surface area (Å²) < 4.78 is 16.9. The predicted octanol–water partition coefficient (Wildman–Crippen LogP) is 20.2. The van der Waals surface area contributed by atoms with E-state index in [0.717, 1.165) is 109 Å². The van der Waals surface area contributed by atoms with Gasteiger partial charge in [-0.25, -0.2) is 0 Å². The zero-order valence-corrected chi connectivity index (χ0v) is 46.3. The average molecular weight is 978 g/mol. The molecule has 0 saturated carbocycles. The number of esters is 3. The van der Waals surface area contributed by atoms with E-state index in [0.29, 0.717) is 19.3 Å². The quantitative estimate of drug-likeness (QED) is 0.0261. The Bertz CT molecular complexity index is 1310. The number of allylic oxidation sites excluding steroid dienone is 12. The van der Waals surface area contributed by atoms with Gasteiger partial charge in [0.05, 0.1) is 0 Å². The maximum Gasteiger partial charge on any atom is 0.306 e. The molecule has 0 amide bonds. The van der Waals surface area contributed by atoms with Crippen molar-refractivity contribution in [3.05, 3.63) is 72.9 Å². The normalized spacial score (nSPS) is 12.6. The van der Waals surface area contributed by atoms with E-state index in [2.05, 4.69) is 93.7 Å². The van der Waals surface area contributed by atoms with Crippen molar-refractivity contribution in [3.63, 3.8) is 0 Å². The molecule has 404 valence electrons. The third kappa shape index (κ3) is 55.8. The van der Waals surface area contributed by atoms with Crippen molar-refractivity contribution < 1.29 is 28.6 Å². The molecule has 0 saturated heterocycles. The Kier molecular flexibility index (Phi) is 55.8. The molecule has 1 unspecified atom stereocenters. The summed E-state index contributed by atoms with van der Waals surface area (Å²) in [5.41, 5.74) is 0. The van der Waals surface area contributed by atoms with Gasteiger partial charge in [-0.1, -0.05) is 241 Å². The van der Waals surface area contributed by atoms with Gasteiger partial charge < -0.3 is 14.2 Å². The molecule has 0 rings (SSSR count). The minimum absolute atomic E-state index is 0.0847. The van der Waals surface area contributed by atoms with Crippen LogP contribution in [0.15, 0.2) is 72.9 Å². The van der Waals surface area contributed by atoms with Gasteiger partial charge in [0.15, 0.2) is 6.10 Å². The van der Waals surface area contributed by atoms with Gasteiger partial charge in [0.2, 0.25) is 0 Å². The number of rotatable bonds is 54. The maximum atomic E-state index is 12.8. The second kappa shape index (κ2) is 58.4. The van der Waals surface area contributed by atoms with Crippen LogP contribution in [0.4, 0.5) is 0 Å². The number of hydrogen-bond acceptors (Lipinski definition) is 6. The summed E-state index contributed by atoms with van der Waals surface area (Å²) in [6.45, 7) is 6.55. The zero-order valence-electron chi connectivity index (χ0n) is 46.3. The van der Waals surface area contributed by atoms with E-state index >= 15 is 0 Å². The highest BCUT2D eigenvalue weighted by atomic mass is 16.6. The SMILES string of the molecule is CCC/C=C\C/C=C\CCCCCCCC(=O)OCC(COC(=O)CCCCCCCCCCCC/C=C\C/C=C\C/C=C\CCCCCCC)OC(=O)CCCCCCC/C=C\CCCCCCC. The molecule has 0 aromatic rings. The lowest BCUT2D eigenvalue weighted by Crippen LogP contribution is -2.30. The molecule has 0 aliphatic heterocycles. The van der Waals surface area contributed by atoms with Crippen molar-refractivity contribution >= 4 is 17.9 Å². The molecule has 0 aromatic heterocycles. The number of hydrogen-bond donors (Lipinski definition) is 0. The molecule has 70 heavy (non-hydrogen) atoms. The molecule has 0 spiro atoms. The number of ether oxygens (including phenoxy) is 3. The van der Waals surface area contributed by atoms with Crippen LogP contribution in [-0.2, 0) is 28.6 Å². The van der Waals surface area contributed by atoms with E-state index < -0.39 is 6.10 Å². The van der Waals surface area contributed by atoms with Crippen LogP contribution in [0.5, 0.6) is 0 Å². The van der Waals surface area contributed by atoms with Crippen molar-refractivity contribution in [3.8, 4) is 0 Å². The van der Waals surface area contributed by atoms with Crippen LogP contribution in [-0.4, -0.2) is 37.2 Å². The lowest BCUT2D eigenvalue weighted by molar-refractivity contribution is -0.167. The molecule has 0 heterocycles. The first kappa shape index (κ1) is 66.9. The van der Waals surface area contributed by atoms with Crippen LogP contribution in [0.1, 0.15) is 297 Å². The third-order valence-electron chi connectivity index (χ3n) is 12.9. The van der Waals surface area contributed by atoms with Crippen molar-refractivity contribution in [2.24, 2.45) is 0 Å². The van der Waals surface area contributed by atoms with Crippen LogP contribution in [0.3, 0.4) is 0 Å². The molecule has 0 aliphatic carbocycles. The van der Waals surface area contributed by atoms with Crippen LogP contribution in [0.2, 0.25) is 0 Å².